The van der Waals surface area contributed by atoms with Crippen molar-refractivity contribution >= 4 is 12.3 Å². The third kappa shape index (κ3) is 2.91. The van der Waals surface area contributed by atoms with E-state index in [0.717, 1.165) is 12.0 Å². The number of benzene rings is 1. The van der Waals surface area contributed by atoms with Crippen molar-refractivity contribution in [1.82, 2.24) is 0 Å². The lowest BCUT2D eigenvalue weighted by atomic mass is 9.93. The Hall–Kier alpha value is -1.68. The monoisotopic (exact) mass is 236 g/mol. The zero-order valence-electron chi connectivity index (χ0n) is 9.88. The molecule has 0 aliphatic carbocycles. The summed E-state index contributed by atoms with van der Waals surface area (Å²) < 4.78 is 0. The molecule has 0 saturated carbocycles. The molecule has 1 aromatic carbocycles. The van der Waals surface area contributed by atoms with Gasteiger partial charge in [-0.1, -0.05) is 38.1 Å². The van der Waals surface area contributed by atoms with E-state index >= 15 is 0 Å². The Balaban J connectivity index is 3.01. The van der Waals surface area contributed by atoms with Crippen LogP contribution in [0, 0.1) is 5.92 Å². The molecule has 0 amide bonds. The number of carbonyl (C=O) groups excluding carboxylic acids is 1. The van der Waals surface area contributed by atoms with Gasteiger partial charge in [-0.15, -0.1) is 0 Å². The molecular formula is C13H16O4. The Kier molecular flexibility index (Phi) is 4.02. The quantitative estimate of drug-likeness (QED) is 0.598. The Morgan fingerprint density at radius 1 is 1.35 bits per heavy atom. The molecule has 0 radical (unpaired) electrons. The molecule has 0 aliphatic heterocycles. The van der Waals surface area contributed by atoms with Gasteiger partial charge < -0.3 is 10.2 Å². The van der Waals surface area contributed by atoms with Crippen LogP contribution < -0.4 is 0 Å². The van der Waals surface area contributed by atoms with Crippen LogP contribution in [0.15, 0.2) is 24.3 Å². The van der Waals surface area contributed by atoms with Crippen LogP contribution >= 0.6 is 0 Å². The minimum absolute atomic E-state index is 0.0345. The van der Waals surface area contributed by atoms with E-state index in [0.29, 0.717) is 5.92 Å². The van der Waals surface area contributed by atoms with E-state index < -0.39 is 11.6 Å². The molecule has 0 aliphatic rings. The Bertz CT molecular complexity index is 408. The third-order valence-electron chi connectivity index (χ3n) is 2.53. The molecule has 1 rings (SSSR count). The van der Waals surface area contributed by atoms with Crippen LogP contribution in [0.2, 0.25) is 0 Å². The lowest BCUT2D eigenvalue weighted by Crippen LogP contribution is -2.37. The van der Waals surface area contributed by atoms with E-state index in [2.05, 4.69) is 13.8 Å². The summed E-state index contributed by atoms with van der Waals surface area (Å²) in [5, 5.41) is 18.5. The second kappa shape index (κ2) is 5.10. The molecule has 0 fully saturated rings. The maximum Gasteiger partial charge on any atom is 0.348 e. The lowest BCUT2D eigenvalue weighted by molar-refractivity contribution is -0.161. The van der Waals surface area contributed by atoms with Crippen molar-refractivity contribution in [2.24, 2.45) is 5.92 Å². The number of aldehydes is 1. The molecule has 1 unspecified atom stereocenters. The van der Waals surface area contributed by atoms with Crippen LogP contribution in [-0.2, 0) is 21.6 Å². The summed E-state index contributed by atoms with van der Waals surface area (Å²) in [5.74, 6) is -1.07. The first-order valence-electron chi connectivity index (χ1n) is 5.41. The van der Waals surface area contributed by atoms with Crippen LogP contribution in [0.25, 0.3) is 0 Å². The minimum Gasteiger partial charge on any atom is -0.479 e. The highest BCUT2D eigenvalue weighted by atomic mass is 16.4. The number of carbonyl (C=O) groups is 2. The summed E-state index contributed by atoms with van der Waals surface area (Å²) in [6, 6.07) is 6.40. The fourth-order valence-electron chi connectivity index (χ4n) is 1.61. The number of carboxylic acid groups (broad SMARTS) is 1. The first-order chi connectivity index (χ1) is 7.90. The molecular weight excluding hydrogens is 220 g/mol. The lowest BCUT2D eigenvalue weighted by Gasteiger charge is -2.17. The molecule has 0 saturated heterocycles. The first-order valence-corrected chi connectivity index (χ1v) is 5.41. The molecule has 0 bridgehead atoms. The van der Waals surface area contributed by atoms with Gasteiger partial charge in [0.2, 0.25) is 5.60 Å². The van der Waals surface area contributed by atoms with Gasteiger partial charge in [0.1, 0.15) is 0 Å². The van der Waals surface area contributed by atoms with Crippen molar-refractivity contribution in [2.75, 3.05) is 0 Å². The topological polar surface area (TPSA) is 74.6 Å². The van der Waals surface area contributed by atoms with E-state index in [1.54, 1.807) is 12.1 Å². The minimum atomic E-state index is -2.45. The second-order valence-electron chi connectivity index (χ2n) is 4.48. The zero-order valence-corrected chi connectivity index (χ0v) is 9.88. The maximum absolute atomic E-state index is 10.8. The van der Waals surface area contributed by atoms with Gasteiger partial charge in [-0.25, -0.2) is 4.79 Å². The van der Waals surface area contributed by atoms with E-state index in [-0.39, 0.29) is 11.8 Å². The number of hydrogen-bond donors (Lipinski definition) is 2. The van der Waals surface area contributed by atoms with Gasteiger partial charge in [-0.05, 0) is 17.9 Å². The predicted octanol–water partition coefficient (Wildman–Crippen LogP) is 1.36. The summed E-state index contributed by atoms with van der Waals surface area (Å²) in [6.07, 6.45) is 0.902. The number of carboxylic acids is 1. The fraction of sp³-hybridized carbons (Fsp3) is 0.385. The number of aliphatic hydroxyl groups is 1. The van der Waals surface area contributed by atoms with Gasteiger partial charge in [0.15, 0.2) is 6.29 Å². The van der Waals surface area contributed by atoms with Gasteiger partial charge in [0.25, 0.3) is 0 Å². The molecule has 0 spiro atoms. The van der Waals surface area contributed by atoms with Crippen molar-refractivity contribution in [1.29, 1.82) is 0 Å². The molecule has 0 heterocycles. The highest BCUT2D eigenvalue weighted by Crippen LogP contribution is 2.20. The van der Waals surface area contributed by atoms with Gasteiger partial charge in [-0.2, -0.15) is 0 Å². The van der Waals surface area contributed by atoms with Gasteiger partial charge in [0.05, 0.1) is 0 Å². The predicted molar refractivity (Wildman–Crippen MR) is 62.6 cm³/mol. The van der Waals surface area contributed by atoms with Crippen molar-refractivity contribution < 1.29 is 19.8 Å². The van der Waals surface area contributed by atoms with Crippen LogP contribution in [0.4, 0.5) is 0 Å². The van der Waals surface area contributed by atoms with Crippen LogP contribution in [0.5, 0.6) is 0 Å². The number of hydrogen-bond acceptors (Lipinski definition) is 3. The molecule has 4 nitrogen and oxygen atoms in total. The summed E-state index contributed by atoms with van der Waals surface area (Å²) in [5.41, 5.74) is -1.33. The SMILES string of the molecule is CC(C)Cc1ccc(C(O)(C=O)C(=O)O)cc1. The number of aliphatic carboxylic acids is 1. The summed E-state index contributed by atoms with van der Waals surface area (Å²) in [6.45, 7) is 4.15. The normalized spacial score (nSPS) is 14.4. The van der Waals surface area contributed by atoms with E-state index in [4.69, 9.17) is 5.11 Å². The van der Waals surface area contributed by atoms with E-state index in [1.807, 2.05) is 0 Å². The molecule has 0 aromatic heterocycles. The first kappa shape index (κ1) is 13.4. The Morgan fingerprint density at radius 3 is 2.24 bits per heavy atom. The van der Waals surface area contributed by atoms with E-state index in [1.165, 1.54) is 12.1 Å². The van der Waals surface area contributed by atoms with Gasteiger partial charge in [-0.3, -0.25) is 4.79 Å². The van der Waals surface area contributed by atoms with Crippen LogP contribution in [-0.4, -0.2) is 22.5 Å². The zero-order chi connectivity index (χ0) is 13.1. The second-order valence-corrected chi connectivity index (χ2v) is 4.48. The van der Waals surface area contributed by atoms with Gasteiger partial charge in [0, 0.05) is 5.56 Å². The molecule has 2 N–H and O–H groups in total. The van der Waals surface area contributed by atoms with Crippen molar-refractivity contribution in [3.8, 4) is 0 Å². The third-order valence-corrected chi connectivity index (χ3v) is 2.53. The smallest absolute Gasteiger partial charge is 0.348 e. The largest absolute Gasteiger partial charge is 0.479 e. The highest BCUT2D eigenvalue weighted by molar-refractivity contribution is 5.96. The number of rotatable bonds is 5. The molecule has 17 heavy (non-hydrogen) atoms. The molecule has 1 aromatic rings. The molecule has 92 valence electrons. The Morgan fingerprint density at radius 2 is 1.88 bits per heavy atom. The molecule has 4 heteroatoms. The average Bonchev–Trinajstić information content (AvgIpc) is 2.28. The average molecular weight is 236 g/mol. The summed E-state index contributed by atoms with van der Waals surface area (Å²) in [7, 11) is 0. The van der Waals surface area contributed by atoms with Crippen LogP contribution in [0.3, 0.4) is 0 Å². The highest BCUT2D eigenvalue weighted by Gasteiger charge is 2.37. The maximum atomic E-state index is 10.8. The van der Waals surface area contributed by atoms with Gasteiger partial charge >= 0.3 is 5.97 Å². The van der Waals surface area contributed by atoms with Crippen molar-refractivity contribution in [2.45, 2.75) is 25.9 Å². The fourth-order valence-corrected chi connectivity index (χ4v) is 1.61. The standard InChI is InChI=1S/C13H16O4/c1-9(2)7-10-3-5-11(6-4-10)13(17,8-14)12(15)16/h3-6,8-9,17H,7H2,1-2H3,(H,15,16). The van der Waals surface area contributed by atoms with Crippen molar-refractivity contribution in [3.05, 3.63) is 35.4 Å². The van der Waals surface area contributed by atoms with Crippen LogP contribution in [0.1, 0.15) is 25.0 Å². The Labute approximate surface area is 99.9 Å². The summed E-state index contributed by atoms with van der Waals surface area (Å²) in [4.78, 5) is 21.5. The van der Waals surface area contributed by atoms with E-state index in [9.17, 15) is 14.7 Å². The summed E-state index contributed by atoms with van der Waals surface area (Å²) >= 11 is 0. The van der Waals surface area contributed by atoms with Crippen molar-refractivity contribution in [3.63, 3.8) is 0 Å². The molecule has 1 atom stereocenters.